The van der Waals surface area contributed by atoms with Crippen LogP contribution in [0.1, 0.15) is 25.3 Å². The first-order valence-electron chi connectivity index (χ1n) is 11.2. The Hall–Kier alpha value is -3.03. The summed E-state index contributed by atoms with van der Waals surface area (Å²) in [6.07, 6.45) is 2.14. The lowest BCUT2D eigenvalue weighted by molar-refractivity contribution is 0.174. The summed E-state index contributed by atoms with van der Waals surface area (Å²) in [4.78, 5) is 33.2. The minimum Gasteiger partial charge on any atom is -0.497 e. The zero-order valence-electron chi connectivity index (χ0n) is 18.9. The molecule has 8 heteroatoms. The van der Waals surface area contributed by atoms with Gasteiger partial charge in [0.25, 0.3) is 5.56 Å². The van der Waals surface area contributed by atoms with E-state index in [0.717, 1.165) is 36.8 Å². The summed E-state index contributed by atoms with van der Waals surface area (Å²) in [6.45, 7) is 4.86. The highest BCUT2D eigenvalue weighted by atomic mass is 35.5. The number of halogens is 1. The number of hydrogen-bond donors (Lipinski definition) is 2. The van der Waals surface area contributed by atoms with Crippen LogP contribution < -0.4 is 15.6 Å². The van der Waals surface area contributed by atoms with Crippen molar-refractivity contribution in [2.75, 3.05) is 32.1 Å². The first-order valence-corrected chi connectivity index (χ1v) is 11.6. The van der Waals surface area contributed by atoms with E-state index in [9.17, 15) is 9.59 Å². The van der Waals surface area contributed by atoms with Crippen LogP contribution in [0.4, 0.5) is 10.5 Å². The van der Waals surface area contributed by atoms with Gasteiger partial charge in [-0.2, -0.15) is 0 Å². The maximum Gasteiger partial charge on any atom is 0.322 e. The predicted molar refractivity (Wildman–Crippen MR) is 132 cm³/mol. The van der Waals surface area contributed by atoms with Gasteiger partial charge < -0.3 is 19.9 Å². The molecule has 2 N–H and O–H groups in total. The minimum absolute atomic E-state index is 0.198. The standard InChI is InChI=1S/C25H29ClN4O3/c1-3-29-12-4-5-21(29)16-30(25(32)27-20-8-6-19(26)7-9-20)15-18-13-17-14-22(33-2)10-11-23(17)28-24(18)31/h6-11,13-14,21H,3-5,12,15-16H2,1-2H3,(H,27,32)(H,28,31)/t21-/m1/s1. The second kappa shape index (κ2) is 10.3. The van der Waals surface area contributed by atoms with Crippen molar-refractivity contribution >= 4 is 34.2 Å². The third-order valence-electron chi connectivity index (χ3n) is 6.21. The summed E-state index contributed by atoms with van der Waals surface area (Å²) >= 11 is 5.97. The van der Waals surface area contributed by atoms with E-state index in [0.29, 0.717) is 28.6 Å². The number of urea groups is 1. The molecule has 2 amide bonds. The number of carbonyl (C=O) groups is 1. The molecule has 1 saturated heterocycles. The lowest BCUT2D eigenvalue weighted by Gasteiger charge is -2.30. The third kappa shape index (κ3) is 5.49. The summed E-state index contributed by atoms with van der Waals surface area (Å²) in [5.41, 5.74) is 1.72. The number of H-pyrrole nitrogens is 1. The van der Waals surface area contributed by atoms with Gasteiger partial charge in [-0.15, -0.1) is 0 Å². The molecule has 1 aliphatic rings. The lowest BCUT2D eigenvalue weighted by atomic mass is 10.1. The number of ether oxygens (including phenoxy) is 1. The van der Waals surface area contributed by atoms with E-state index in [1.54, 1.807) is 36.3 Å². The molecule has 2 aromatic carbocycles. The molecule has 174 valence electrons. The first kappa shape index (κ1) is 23.1. The largest absolute Gasteiger partial charge is 0.497 e. The second-order valence-electron chi connectivity index (χ2n) is 8.32. The fraction of sp³-hybridized carbons (Fsp3) is 0.360. The zero-order valence-corrected chi connectivity index (χ0v) is 19.7. The van der Waals surface area contributed by atoms with E-state index in [-0.39, 0.29) is 24.2 Å². The van der Waals surface area contributed by atoms with Crippen molar-refractivity contribution in [3.8, 4) is 5.75 Å². The molecule has 1 fully saturated rings. The average Bonchev–Trinajstić information content (AvgIpc) is 3.27. The van der Waals surface area contributed by atoms with Gasteiger partial charge in [0.05, 0.1) is 13.7 Å². The van der Waals surface area contributed by atoms with E-state index in [4.69, 9.17) is 16.3 Å². The molecule has 0 spiro atoms. The topological polar surface area (TPSA) is 77.7 Å². The smallest absolute Gasteiger partial charge is 0.322 e. The van der Waals surface area contributed by atoms with Gasteiger partial charge in [0.15, 0.2) is 0 Å². The van der Waals surface area contributed by atoms with Crippen molar-refractivity contribution in [2.45, 2.75) is 32.4 Å². The fourth-order valence-electron chi connectivity index (χ4n) is 4.41. The number of hydrogen-bond acceptors (Lipinski definition) is 4. The third-order valence-corrected chi connectivity index (χ3v) is 6.46. The number of pyridine rings is 1. The molecule has 4 rings (SSSR count). The van der Waals surface area contributed by atoms with Crippen LogP contribution in [0.25, 0.3) is 10.9 Å². The highest BCUT2D eigenvalue weighted by Crippen LogP contribution is 2.22. The molecule has 3 aromatic rings. The summed E-state index contributed by atoms with van der Waals surface area (Å²) in [6, 6.07) is 14.4. The number of methoxy groups -OCH3 is 1. The van der Waals surface area contributed by atoms with Crippen LogP contribution in [0.5, 0.6) is 5.75 Å². The molecule has 33 heavy (non-hydrogen) atoms. The van der Waals surface area contributed by atoms with Crippen LogP contribution in [0.3, 0.4) is 0 Å². The van der Waals surface area contributed by atoms with E-state index >= 15 is 0 Å². The zero-order chi connectivity index (χ0) is 23.4. The maximum atomic E-state index is 13.3. The van der Waals surface area contributed by atoms with Crippen LogP contribution in [0, 0.1) is 0 Å². The van der Waals surface area contributed by atoms with E-state index in [1.807, 2.05) is 24.3 Å². The van der Waals surface area contributed by atoms with Gasteiger partial charge in [-0.05, 0) is 74.5 Å². The maximum absolute atomic E-state index is 13.3. The molecule has 0 saturated carbocycles. The summed E-state index contributed by atoms with van der Waals surface area (Å²) < 4.78 is 5.32. The number of aromatic amines is 1. The predicted octanol–water partition coefficient (Wildman–Crippen LogP) is 4.71. The fourth-order valence-corrected chi connectivity index (χ4v) is 4.53. The quantitative estimate of drug-likeness (QED) is 0.526. The molecule has 1 aliphatic heterocycles. The van der Waals surface area contributed by atoms with Crippen LogP contribution in [0.2, 0.25) is 5.02 Å². The Kier molecular flexibility index (Phi) is 7.20. The van der Waals surface area contributed by atoms with E-state index in [2.05, 4.69) is 22.1 Å². The van der Waals surface area contributed by atoms with Crippen LogP contribution >= 0.6 is 11.6 Å². The Morgan fingerprint density at radius 3 is 2.76 bits per heavy atom. The highest BCUT2D eigenvalue weighted by Gasteiger charge is 2.28. The Morgan fingerprint density at radius 1 is 1.24 bits per heavy atom. The molecule has 1 aromatic heterocycles. The Balaban J connectivity index is 1.62. The second-order valence-corrected chi connectivity index (χ2v) is 8.76. The number of aromatic nitrogens is 1. The number of fused-ring (bicyclic) bond motifs is 1. The van der Waals surface area contributed by atoms with Gasteiger partial charge in [-0.3, -0.25) is 9.69 Å². The lowest BCUT2D eigenvalue weighted by Crippen LogP contribution is -2.45. The number of likely N-dealkylation sites (N-methyl/N-ethyl adjacent to an activating group) is 1. The Bertz CT molecular complexity index is 1180. The normalized spacial score (nSPS) is 16.2. The molecule has 2 heterocycles. The van der Waals surface area contributed by atoms with Crippen LogP contribution in [0.15, 0.2) is 53.3 Å². The summed E-state index contributed by atoms with van der Waals surface area (Å²) in [7, 11) is 1.61. The van der Waals surface area contributed by atoms with Gasteiger partial charge in [-0.25, -0.2) is 4.79 Å². The molecule has 1 atom stereocenters. The van der Waals surface area contributed by atoms with Crippen molar-refractivity contribution < 1.29 is 9.53 Å². The van der Waals surface area contributed by atoms with Crippen molar-refractivity contribution in [3.05, 3.63) is 69.5 Å². The molecule has 0 bridgehead atoms. The van der Waals surface area contributed by atoms with Gasteiger partial charge >= 0.3 is 6.03 Å². The highest BCUT2D eigenvalue weighted by molar-refractivity contribution is 6.30. The number of nitrogens with one attached hydrogen (secondary N) is 2. The average molecular weight is 469 g/mol. The summed E-state index contributed by atoms with van der Waals surface area (Å²) in [5.74, 6) is 0.711. The summed E-state index contributed by atoms with van der Waals surface area (Å²) in [5, 5.41) is 4.41. The number of benzene rings is 2. The SMILES string of the molecule is CCN1CCC[C@@H]1CN(Cc1cc2cc(OC)ccc2[nH]c1=O)C(=O)Nc1ccc(Cl)cc1. The number of carbonyl (C=O) groups excluding carboxylic acids is 1. The van der Waals surface area contributed by atoms with Gasteiger partial charge in [0.1, 0.15) is 5.75 Å². The van der Waals surface area contributed by atoms with Crippen LogP contribution in [-0.4, -0.2) is 53.6 Å². The van der Waals surface area contributed by atoms with Crippen molar-refractivity contribution in [1.29, 1.82) is 0 Å². The van der Waals surface area contributed by atoms with Gasteiger partial charge in [-0.1, -0.05) is 18.5 Å². The van der Waals surface area contributed by atoms with Crippen molar-refractivity contribution in [2.24, 2.45) is 0 Å². The minimum atomic E-state index is -0.245. The van der Waals surface area contributed by atoms with Crippen LogP contribution in [-0.2, 0) is 6.54 Å². The van der Waals surface area contributed by atoms with Crippen molar-refractivity contribution in [1.82, 2.24) is 14.8 Å². The molecule has 0 radical (unpaired) electrons. The molecule has 7 nitrogen and oxygen atoms in total. The first-order chi connectivity index (χ1) is 16.0. The number of likely N-dealkylation sites (tertiary alicyclic amines) is 1. The molecule has 0 unspecified atom stereocenters. The Labute approximate surface area is 198 Å². The van der Waals surface area contributed by atoms with Gasteiger partial charge in [0.2, 0.25) is 0 Å². The Morgan fingerprint density at radius 2 is 2.03 bits per heavy atom. The van der Waals surface area contributed by atoms with E-state index in [1.165, 1.54) is 0 Å². The number of rotatable bonds is 7. The molecular formula is C25H29ClN4O3. The van der Waals surface area contributed by atoms with Crippen molar-refractivity contribution in [3.63, 3.8) is 0 Å². The molecular weight excluding hydrogens is 440 g/mol. The number of nitrogens with zero attached hydrogens (tertiary/aromatic N) is 2. The monoisotopic (exact) mass is 468 g/mol. The molecule has 0 aliphatic carbocycles. The van der Waals surface area contributed by atoms with E-state index < -0.39 is 0 Å². The number of anilines is 1. The van der Waals surface area contributed by atoms with Gasteiger partial charge in [0, 0.05) is 39.8 Å². The number of amides is 2.